The maximum absolute atomic E-state index is 13.3. The summed E-state index contributed by atoms with van der Waals surface area (Å²) in [6.07, 6.45) is 0. The number of aliphatic carboxylic acids is 1. The quantitative estimate of drug-likeness (QED) is 0.773. The molecular formula is C13H16F2N2O3. The lowest BCUT2D eigenvalue weighted by molar-refractivity contribution is -0.146. The van der Waals surface area contributed by atoms with Crippen molar-refractivity contribution in [2.75, 3.05) is 6.54 Å². The van der Waals surface area contributed by atoms with Crippen LogP contribution < -0.4 is 10.6 Å². The van der Waals surface area contributed by atoms with Gasteiger partial charge in [-0.3, -0.25) is 4.79 Å². The second kappa shape index (κ2) is 6.31. The molecule has 5 nitrogen and oxygen atoms in total. The van der Waals surface area contributed by atoms with Gasteiger partial charge >= 0.3 is 12.0 Å². The van der Waals surface area contributed by atoms with E-state index in [0.717, 1.165) is 12.1 Å². The van der Waals surface area contributed by atoms with Crippen LogP contribution >= 0.6 is 0 Å². The number of hydrogen-bond acceptors (Lipinski definition) is 2. The number of hydrogen-bond donors (Lipinski definition) is 3. The molecule has 0 fully saturated rings. The fourth-order valence-electron chi connectivity index (χ4n) is 1.28. The first-order valence-corrected chi connectivity index (χ1v) is 5.91. The number of amides is 2. The molecule has 3 N–H and O–H groups in total. The van der Waals surface area contributed by atoms with Gasteiger partial charge in [-0.2, -0.15) is 0 Å². The number of carbonyl (C=O) groups is 2. The molecule has 0 saturated heterocycles. The molecule has 110 valence electrons. The molecule has 0 aliphatic rings. The number of carboxylic acids is 1. The molecule has 0 atom stereocenters. The largest absolute Gasteiger partial charge is 0.481 e. The molecule has 1 rings (SSSR count). The number of carboxylic acid groups (broad SMARTS) is 1. The molecule has 0 spiro atoms. The van der Waals surface area contributed by atoms with Gasteiger partial charge in [-0.15, -0.1) is 0 Å². The SMILES string of the molecule is CC(C)(CNC(=O)NCc1ccc(F)cc1F)C(=O)O. The molecule has 0 saturated carbocycles. The van der Waals surface area contributed by atoms with Gasteiger partial charge in [-0.05, 0) is 19.9 Å². The second-order valence-corrected chi connectivity index (χ2v) is 4.96. The molecule has 0 aliphatic heterocycles. The third-order valence-corrected chi connectivity index (χ3v) is 2.72. The summed E-state index contributed by atoms with van der Waals surface area (Å²) in [5.41, 5.74) is -0.961. The van der Waals surface area contributed by atoms with Crippen LogP contribution in [0.3, 0.4) is 0 Å². The Morgan fingerprint density at radius 2 is 1.90 bits per heavy atom. The van der Waals surface area contributed by atoms with Gasteiger partial charge in [-0.1, -0.05) is 6.07 Å². The number of benzene rings is 1. The highest BCUT2D eigenvalue weighted by Crippen LogP contribution is 2.13. The molecule has 1 aromatic carbocycles. The van der Waals surface area contributed by atoms with E-state index in [1.807, 2.05) is 0 Å². The van der Waals surface area contributed by atoms with Crippen molar-refractivity contribution in [3.63, 3.8) is 0 Å². The van der Waals surface area contributed by atoms with E-state index in [1.54, 1.807) is 0 Å². The van der Waals surface area contributed by atoms with Crippen LogP contribution in [0.15, 0.2) is 18.2 Å². The maximum Gasteiger partial charge on any atom is 0.315 e. The molecule has 7 heteroatoms. The van der Waals surface area contributed by atoms with Gasteiger partial charge in [0.15, 0.2) is 0 Å². The Bertz CT molecular complexity index is 518. The van der Waals surface area contributed by atoms with Gasteiger partial charge in [0.1, 0.15) is 11.6 Å². The van der Waals surface area contributed by atoms with Gasteiger partial charge in [0.25, 0.3) is 0 Å². The van der Waals surface area contributed by atoms with Crippen molar-refractivity contribution in [3.05, 3.63) is 35.4 Å². The monoisotopic (exact) mass is 286 g/mol. The van der Waals surface area contributed by atoms with Crippen LogP contribution in [0.4, 0.5) is 13.6 Å². The van der Waals surface area contributed by atoms with Crippen LogP contribution in [0.5, 0.6) is 0 Å². The fraction of sp³-hybridized carbons (Fsp3) is 0.385. The highest BCUT2D eigenvalue weighted by Gasteiger charge is 2.27. The summed E-state index contributed by atoms with van der Waals surface area (Å²) in [6.45, 7) is 2.75. The van der Waals surface area contributed by atoms with E-state index in [4.69, 9.17) is 5.11 Å². The van der Waals surface area contributed by atoms with Gasteiger partial charge in [-0.25, -0.2) is 13.6 Å². The zero-order valence-electron chi connectivity index (χ0n) is 11.2. The van der Waals surface area contributed by atoms with Crippen molar-refractivity contribution in [2.45, 2.75) is 20.4 Å². The summed E-state index contributed by atoms with van der Waals surface area (Å²) < 4.78 is 26.0. The Kier molecular flexibility index (Phi) is 5.01. The zero-order chi connectivity index (χ0) is 15.3. The normalized spacial score (nSPS) is 11.0. The minimum absolute atomic E-state index is 0.0694. The summed E-state index contributed by atoms with van der Waals surface area (Å²) in [5, 5.41) is 13.6. The van der Waals surface area contributed by atoms with Gasteiger partial charge in [0, 0.05) is 24.7 Å². The molecular weight excluding hydrogens is 270 g/mol. The second-order valence-electron chi connectivity index (χ2n) is 4.96. The lowest BCUT2D eigenvalue weighted by atomic mass is 9.94. The number of nitrogens with one attached hydrogen (secondary N) is 2. The summed E-state index contributed by atoms with van der Waals surface area (Å²) in [4.78, 5) is 22.3. The molecule has 1 aromatic rings. The van der Waals surface area contributed by atoms with E-state index in [9.17, 15) is 18.4 Å². The zero-order valence-corrected chi connectivity index (χ0v) is 11.2. The number of urea groups is 1. The van der Waals surface area contributed by atoms with Gasteiger partial charge in [0.05, 0.1) is 5.41 Å². The van der Waals surface area contributed by atoms with Crippen LogP contribution in [-0.2, 0) is 11.3 Å². The number of carbonyl (C=O) groups excluding carboxylic acids is 1. The summed E-state index contributed by atoms with van der Waals surface area (Å²) >= 11 is 0. The van der Waals surface area contributed by atoms with Crippen molar-refractivity contribution in [3.8, 4) is 0 Å². The molecule has 0 aromatic heterocycles. The van der Waals surface area contributed by atoms with E-state index < -0.39 is 29.0 Å². The standard InChI is InChI=1S/C13H16F2N2O3/c1-13(2,11(18)19)7-17-12(20)16-6-8-3-4-9(14)5-10(8)15/h3-5H,6-7H2,1-2H3,(H,18,19)(H2,16,17,20). The first kappa shape index (κ1) is 15.9. The minimum atomic E-state index is -1.10. The molecule has 0 unspecified atom stereocenters. The highest BCUT2D eigenvalue weighted by atomic mass is 19.1. The lowest BCUT2D eigenvalue weighted by Gasteiger charge is -2.19. The van der Waals surface area contributed by atoms with Crippen molar-refractivity contribution in [1.82, 2.24) is 10.6 Å². The van der Waals surface area contributed by atoms with E-state index >= 15 is 0 Å². The van der Waals surface area contributed by atoms with E-state index in [2.05, 4.69) is 10.6 Å². The molecule has 0 bridgehead atoms. The van der Waals surface area contributed by atoms with Crippen molar-refractivity contribution >= 4 is 12.0 Å². The summed E-state index contributed by atoms with van der Waals surface area (Å²) in [6, 6.07) is 2.42. The Hall–Kier alpha value is -2.18. The van der Waals surface area contributed by atoms with E-state index in [0.29, 0.717) is 0 Å². The average molecular weight is 286 g/mol. The topological polar surface area (TPSA) is 78.4 Å². The van der Waals surface area contributed by atoms with Crippen LogP contribution in [0.25, 0.3) is 0 Å². The van der Waals surface area contributed by atoms with Crippen LogP contribution in [0.1, 0.15) is 19.4 Å². The Labute approximate surface area is 115 Å². The number of rotatable bonds is 5. The third kappa shape index (κ3) is 4.49. The van der Waals surface area contributed by atoms with Gasteiger partial charge < -0.3 is 15.7 Å². The Morgan fingerprint density at radius 1 is 1.25 bits per heavy atom. The van der Waals surface area contributed by atoms with Crippen LogP contribution in [0.2, 0.25) is 0 Å². The first-order valence-electron chi connectivity index (χ1n) is 5.91. The third-order valence-electron chi connectivity index (χ3n) is 2.72. The molecule has 0 aliphatic carbocycles. The van der Waals surface area contributed by atoms with Gasteiger partial charge in [0.2, 0.25) is 0 Å². The fourth-order valence-corrected chi connectivity index (χ4v) is 1.28. The smallest absolute Gasteiger partial charge is 0.315 e. The van der Waals surface area contributed by atoms with Crippen LogP contribution in [0, 0.1) is 17.0 Å². The first-order chi connectivity index (χ1) is 9.22. The molecule has 0 radical (unpaired) electrons. The Morgan fingerprint density at radius 3 is 2.45 bits per heavy atom. The van der Waals surface area contributed by atoms with E-state index in [-0.39, 0.29) is 18.7 Å². The van der Waals surface area contributed by atoms with E-state index in [1.165, 1.54) is 19.9 Å². The lowest BCUT2D eigenvalue weighted by Crippen LogP contribution is -2.43. The predicted octanol–water partition coefficient (Wildman–Crippen LogP) is 1.87. The number of halogens is 2. The molecule has 20 heavy (non-hydrogen) atoms. The maximum atomic E-state index is 13.3. The molecule has 2 amide bonds. The van der Waals surface area contributed by atoms with Crippen molar-refractivity contribution in [2.24, 2.45) is 5.41 Å². The highest BCUT2D eigenvalue weighted by molar-refractivity contribution is 5.77. The minimum Gasteiger partial charge on any atom is -0.481 e. The van der Waals surface area contributed by atoms with Crippen LogP contribution in [-0.4, -0.2) is 23.7 Å². The molecule has 0 heterocycles. The predicted molar refractivity (Wildman–Crippen MR) is 68.0 cm³/mol. The van der Waals surface area contributed by atoms with Crippen molar-refractivity contribution < 1.29 is 23.5 Å². The van der Waals surface area contributed by atoms with Crippen molar-refractivity contribution in [1.29, 1.82) is 0 Å². The average Bonchev–Trinajstić information content (AvgIpc) is 2.35. The summed E-state index contributed by atoms with van der Waals surface area (Å²) in [7, 11) is 0. The Balaban J connectivity index is 2.46. The summed E-state index contributed by atoms with van der Waals surface area (Å²) in [5.74, 6) is -2.49.